The number of pyridine rings is 1. The summed E-state index contributed by atoms with van der Waals surface area (Å²) in [7, 11) is 0. The molecule has 5 heteroatoms. The van der Waals surface area contributed by atoms with Crippen LogP contribution in [-0.2, 0) is 6.42 Å². The molecular weight excluding hydrogens is 367 g/mol. The van der Waals surface area contributed by atoms with E-state index < -0.39 is 0 Å². The van der Waals surface area contributed by atoms with Crippen LogP contribution in [0, 0.1) is 12.7 Å². The number of nitrogens with zero attached hydrogens (tertiary/aromatic N) is 2. The van der Waals surface area contributed by atoms with Gasteiger partial charge in [0.15, 0.2) is 17.6 Å². The molecule has 0 radical (unpaired) electrons. The molecule has 3 aromatic rings. The second-order valence-corrected chi connectivity index (χ2v) is 8.26. The Bertz CT molecular complexity index is 1080. The maximum Gasteiger partial charge on any atom is 0.182 e. The van der Waals surface area contributed by atoms with Crippen LogP contribution >= 0.6 is 0 Å². The lowest BCUT2D eigenvalue weighted by molar-refractivity contribution is 0.0644. The van der Waals surface area contributed by atoms with Crippen LogP contribution in [0.1, 0.15) is 24.6 Å². The number of rotatable bonds is 4. The lowest BCUT2D eigenvalue weighted by atomic mass is 10.1. The summed E-state index contributed by atoms with van der Waals surface area (Å²) in [5.41, 5.74) is 4.27. The first-order valence-corrected chi connectivity index (χ1v) is 10.4. The van der Waals surface area contributed by atoms with E-state index in [9.17, 15) is 4.39 Å². The van der Waals surface area contributed by atoms with Crippen molar-refractivity contribution in [1.29, 1.82) is 0 Å². The molecule has 5 rings (SSSR count). The van der Waals surface area contributed by atoms with E-state index in [4.69, 9.17) is 9.47 Å². The van der Waals surface area contributed by atoms with Gasteiger partial charge in [-0.05, 0) is 49.7 Å². The Morgan fingerprint density at radius 2 is 2.07 bits per heavy atom. The number of ether oxygens (including phenoxy) is 2. The van der Waals surface area contributed by atoms with Gasteiger partial charge in [0.25, 0.3) is 0 Å². The average Bonchev–Trinajstić information content (AvgIpc) is 3.05. The van der Waals surface area contributed by atoms with Crippen molar-refractivity contribution in [1.82, 2.24) is 9.47 Å². The number of aromatic nitrogens is 1. The van der Waals surface area contributed by atoms with E-state index in [0.717, 1.165) is 70.6 Å². The second-order valence-electron chi connectivity index (χ2n) is 8.26. The molecule has 0 saturated carbocycles. The normalized spacial score (nSPS) is 22.7. The number of aryl methyl sites for hydroxylation is 1. The maximum absolute atomic E-state index is 13.7. The quantitative estimate of drug-likeness (QED) is 0.597. The SMILES string of the molecule is CCC[N+]1(C[C@H]2COc3ccc4nc(C)ccc4c3O2)CCc2cc(F)ccc21. The van der Waals surface area contributed by atoms with Crippen LogP contribution < -0.4 is 14.0 Å². The zero-order chi connectivity index (χ0) is 20.0. The van der Waals surface area contributed by atoms with Crippen LogP contribution in [0.15, 0.2) is 42.5 Å². The summed E-state index contributed by atoms with van der Waals surface area (Å²) in [6.07, 6.45) is 1.91. The Kier molecular flexibility index (Phi) is 4.43. The Hall–Kier alpha value is -2.66. The van der Waals surface area contributed by atoms with Gasteiger partial charge in [-0.3, -0.25) is 9.47 Å². The molecule has 150 valence electrons. The molecule has 0 amide bonds. The van der Waals surface area contributed by atoms with Crippen molar-refractivity contribution >= 4 is 16.6 Å². The molecule has 2 aromatic carbocycles. The first-order valence-electron chi connectivity index (χ1n) is 10.4. The summed E-state index contributed by atoms with van der Waals surface area (Å²) in [4.78, 5) is 4.62. The molecule has 2 aliphatic rings. The highest BCUT2D eigenvalue weighted by atomic mass is 19.1. The van der Waals surface area contributed by atoms with Gasteiger partial charge in [0.05, 0.1) is 18.6 Å². The lowest BCUT2D eigenvalue weighted by Gasteiger charge is -2.38. The molecular formula is C24H26FN2O2+. The van der Waals surface area contributed by atoms with E-state index in [-0.39, 0.29) is 11.9 Å². The number of hydrogen-bond acceptors (Lipinski definition) is 3. The maximum atomic E-state index is 13.7. The molecule has 0 saturated heterocycles. The van der Waals surface area contributed by atoms with Crippen molar-refractivity contribution in [3.8, 4) is 11.5 Å². The van der Waals surface area contributed by atoms with Gasteiger partial charge < -0.3 is 9.47 Å². The molecule has 0 N–H and O–H groups in total. The molecule has 0 bridgehead atoms. The predicted molar refractivity (Wildman–Crippen MR) is 113 cm³/mol. The van der Waals surface area contributed by atoms with Crippen LogP contribution in [0.5, 0.6) is 11.5 Å². The molecule has 2 atom stereocenters. The Labute approximate surface area is 170 Å². The van der Waals surface area contributed by atoms with E-state index in [1.165, 1.54) is 5.69 Å². The molecule has 1 unspecified atom stereocenters. The van der Waals surface area contributed by atoms with E-state index in [0.29, 0.717) is 6.61 Å². The van der Waals surface area contributed by atoms with Crippen molar-refractivity contribution in [3.63, 3.8) is 0 Å². The summed E-state index contributed by atoms with van der Waals surface area (Å²) in [5.74, 6) is 1.42. The number of benzene rings is 2. The van der Waals surface area contributed by atoms with Gasteiger partial charge in [-0.1, -0.05) is 6.92 Å². The Morgan fingerprint density at radius 1 is 1.17 bits per heavy atom. The minimum absolute atomic E-state index is 0.0584. The topological polar surface area (TPSA) is 31.4 Å². The van der Waals surface area contributed by atoms with Gasteiger partial charge >= 0.3 is 0 Å². The largest absolute Gasteiger partial charge is 0.486 e. The zero-order valence-electron chi connectivity index (χ0n) is 17.0. The standard InChI is InChI=1S/C24H26FN2O2/c1-3-11-27(12-10-17-13-18(25)5-8-22(17)27)14-19-15-28-23-9-7-21-20(24(23)29-19)6-4-16(2)26-21/h4-9,13,19H,3,10-12,14-15H2,1-2H3/q+1/t19-,27?/m0/s1. The third-order valence-electron chi connectivity index (χ3n) is 6.20. The van der Waals surface area contributed by atoms with Gasteiger partial charge in [0.2, 0.25) is 0 Å². The highest BCUT2D eigenvalue weighted by Crippen LogP contribution is 2.41. The first kappa shape index (κ1) is 18.4. The van der Waals surface area contributed by atoms with Crippen molar-refractivity contribution in [3.05, 3.63) is 59.5 Å². The number of halogens is 1. The third kappa shape index (κ3) is 3.14. The van der Waals surface area contributed by atoms with Gasteiger partial charge in [-0.15, -0.1) is 0 Å². The summed E-state index contributed by atoms with van der Waals surface area (Å²) in [6.45, 7) is 7.54. The fraction of sp³-hybridized carbons (Fsp3) is 0.375. The van der Waals surface area contributed by atoms with Crippen LogP contribution in [0.25, 0.3) is 10.9 Å². The summed E-state index contributed by atoms with van der Waals surface area (Å²) >= 11 is 0. The summed E-state index contributed by atoms with van der Waals surface area (Å²) < 4.78 is 27.2. The van der Waals surface area contributed by atoms with Crippen LogP contribution in [0.4, 0.5) is 10.1 Å². The average molecular weight is 393 g/mol. The molecule has 4 nitrogen and oxygen atoms in total. The molecule has 3 heterocycles. The van der Waals surface area contributed by atoms with Gasteiger partial charge in [-0.2, -0.15) is 0 Å². The molecule has 2 aliphatic heterocycles. The number of fused-ring (bicyclic) bond motifs is 4. The van der Waals surface area contributed by atoms with E-state index in [1.807, 2.05) is 31.2 Å². The van der Waals surface area contributed by atoms with Crippen molar-refractivity contribution in [2.24, 2.45) is 0 Å². The number of quaternary nitrogens is 1. The highest BCUT2D eigenvalue weighted by Gasteiger charge is 2.41. The Balaban J connectivity index is 1.47. The van der Waals surface area contributed by atoms with Crippen LogP contribution in [0.3, 0.4) is 0 Å². The fourth-order valence-electron chi connectivity index (χ4n) is 4.97. The fourth-order valence-corrected chi connectivity index (χ4v) is 4.97. The smallest absolute Gasteiger partial charge is 0.182 e. The van der Waals surface area contributed by atoms with Gasteiger partial charge in [0.1, 0.15) is 24.7 Å². The van der Waals surface area contributed by atoms with Gasteiger partial charge in [0, 0.05) is 29.1 Å². The molecule has 0 spiro atoms. The molecule has 29 heavy (non-hydrogen) atoms. The van der Waals surface area contributed by atoms with E-state index in [2.05, 4.69) is 18.0 Å². The minimum Gasteiger partial charge on any atom is -0.486 e. The summed E-state index contributed by atoms with van der Waals surface area (Å²) in [5, 5.41) is 0.990. The van der Waals surface area contributed by atoms with E-state index >= 15 is 0 Å². The second kappa shape index (κ2) is 6.99. The first-order chi connectivity index (χ1) is 14.1. The zero-order valence-corrected chi connectivity index (χ0v) is 17.0. The molecule has 0 aliphatic carbocycles. The predicted octanol–water partition coefficient (Wildman–Crippen LogP) is 4.80. The van der Waals surface area contributed by atoms with Crippen LogP contribution in [0.2, 0.25) is 0 Å². The van der Waals surface area contributed by atoms with Crippen molar-refractivity contribution < 1.29 is 13.9 Å². The van der Waals surface area contributed by atoms with Crippen molar-refractivity contribution in [2.45, 2.75) is 32.8 Å². The molecule has 0 fully saturated rings. The third-order valence-corrected chi connectivity index (χ3v) is 6.20. The summed E-state index contributed by atoms with van der Waals surface area (Å²) in [6, 6.07) is 13.2. The van der Waals surface area contributed by atoms with Gasteiger partial charge in [-0.25, -0.2) is 4.39 Å². The molecule has 1 aromatic heterocycles. The van der Waals surface area contributed by atoms with Crippen molar-refractivity contribution in [2.75, 3.05) is 26.2 Å². The van der Waals surface area contributed by atoms with Crippen LogP contribution in [-0.4, -0.2) is 37.3 Å². The highest BCUT2D eigenvalue weighted by molar-refractivity contribution is 5.88. The monoisotopic (exact) mass is 393 g/mol. The minimum atomic E-state index is -0.152. The Morgan fingerprint density at radius 3 is 2.93 bits per heavy atom. The van der Waals surface area contributed by atoms with E-state index in [1.54, 1.807) is 12.1 Å². The lowest BCUT2D eigenvalue weighted by Crippen LogP contribution is -2.55. The number of hydrogen-bond donors (Lipinski definition) is 0.